The van der Waals surface area contributed by atoms with Gasteiger partial charge in [-0.2, -0.15) is 0 Å². The minimum absolute atomic E-state index is 0.0208. The van der Waals surface area contributed by atoms with Gasteiger partial charge in [0.25, 0.3) is 0 Å². The van der Waals surface area contributed by atoms with Gasteiger partial charge in [0.15, 0.2) is 0 Å². The van der Waals surface area contributed by atoms with Crippen LogP contribution in [-0.2, 0) is 16.0 Å². The SMILES string of the molecule is COc1ccc(CC(NC(C)=O)C(=O)N2CCNCC2)cc1. The third-order valence-electron chi connectivity index (χ3n) is 3.70. The molecule has 1 aliphatic heterocycles. The standard InChI is InChI=1S/C16H23N3O3/c1-12(20)18-15(16(21)19-9-7-17-8-10-19)11-13-3-5-14(22-2)6-4-13/h3-6,15,17H,7-11H2,1-2H3,(H,18,20). The van der Waals surface area contributed by atoms with E-state index in [1.165, 1.54) is 6.92 Å². The van der Waals surface area contributed by atoms with Gasteiger partial charge in [-0.05, 0) is 17.7 Å². The minimum atomic E-state index is -0.524. The molecule has 1 fully saturated rings. The van der Waals surface area contributed by atoms with Crippen molar-refractivity contribution < 1.29 is 14.3 Å². The molecule has 0 aromatic heterocycles. The molecule has 6 nitrogen and oxygen atoms in total. The Hall–Kier alpha value is -2.08. The van der Waals surface area contributed by atoms with Crippen molar-refractivity contribution >= 4 is 11.8 Å². The molecule has 1 unspecified atom stereocenters. The predicted molar refractivity (Wildman–Crippen MR) is 83.8 cm³/mol. The van der Waals surface area contributed by atoms with E-state index >= 15 is 0 Å². The lowest BCUT2D eigenvalue weighted by Gasteiger charge is -2.31. The molecule has 1 heterocycles. The molecule has 0 aliphatic carbocycles. The van der Waals surface area contributed by atoms with Crippen molar-refractivity contribution in [1.82, 2.24) is 15.5 Å². The normalized spacial score (nSPS) is 16.0. The first-order valence-corrected chi connectivity index (χ1v) is 7.49. The van der Waals surface area contributed by atoms with Gasteiger partial charge in [0.1, 0.15) is 11.8 Å². The van der Waals surface area contributed by atoms with Crippen LogP contribution in [0.4, 0.5) is 0 Å². The molecule has 22 heavy (non-hydrogen) atoms. The predicted octanol–water partition coefficient (Wildman–Crippen LogP) is 0.174. The fourth-order valence-electron chi connectivity index (χ4n) is 2.55. The van der Waals surface area contributed by atoms with Crippen LogP contribution >= 0.6 is 0 Å². The number of hydrogen-bond donors (Lipinski definition) is 2. The monoisotopic (exact) mass is 305 g/mol. The number of piperazine rings is 1. The summed E-state index contributed by atoms with van der Waals surface area (Å²) in [5, 5.41) is 5.99. The molecule has 6 heteroatoms. The summed E-state index contributed by atoms with van der Waals surface area (Å²) in [6, 6.07) is 7.02. The highest BCUT2D eigenvalue weighted by molar-refractivity contribution is 5.87. The van der Waals surface area contributed by atoms with E-state index in [0.29, 0.717) is 19.5 Å². The van der Waals surface area contributed by atoms with Crippen LogP contribution < -0.4 is 15.4 Å². The maximum atomic E-state index is 12.6. The first-order chi connectivity index (χ1) is 10.6. The second-order valence-corrected chi connectivity index (χ2v) is 5.38. The van der Waals surface area contributed by atoms with E-state index in [0.717, 1.165) is 24.4 Å². The number of ether oxygens (including phenoxy) is 1. The molecule has 2 rings (SSSR count). The van der Waals surface area contributed by atoms with Crippen LogP contribution in [-0.4, -0.2) is 56.0 Å². The van der Waals surface area contributed by atoms with Crippen LogP contribution in [0.2, 0.25) is 0 Å². The molecule has 2 N–H and O–H groups in total. The summed E-state index contributed by atoms with van der Waals surface area (Å²) in [5.74, 6) is 0.558. The zero-order valence-corrected chi connectivity index (χ0v) is 13.1. The van der Waals surface area contributed by atoms with Gasteiger partial charge < -0.3 is 20.3 Å². The van der Waals surface area contributed by atoms with Crippen molar-refractivity contribution in [2.75, 3.05) is 33.3 Å². The lowest BCUT2D eigenvalue weighted by atomic mass is 10.0. The number of amides is 2. The zero-order valence-electron chi connectivity index (χ0n) is 13.1. The summed E-state index contributed by atoms with van der Waals surface area (Å²) in [7, 11) is 1.61. The van der Waals surface area contributed by atoms with E-state index < -0.39 is 6.04 Å². The van der Waals surface area contributed by atoms with Crippen LogP contribution in [0.5, 0.6) is 5.75 Å². The van der Waals surface area contributed by atoms with Crippen LogP contribution in [0, 0.1) is 0 Å². The van der Waals surface area contributed by atoms with Crippen molar-refractivity contribution in [3.05, 3.63) is 29.8 Å². The molecule has 0 spiro atoms. The lowest BCUT2D eigenvalue weighted by molar-refractivity contribution is -0.136. The van der Waals surface area contributed by atoms with Gasteiger partial charge in [-0.15, -0.1) is 0 Å². The van der Waals surface area contributed by atoms with E-state index in [-0.39, 0.29) is 11.8 Å². The van der Waals surface area contributed by atoms with Crippen LogP contribution in [0.25, 0.3) is 0 Å². The summed E-state index contributed by atoms with van der Waals surface area (Å²) >= 11 is 0. The number of nitrogens with one attached hydrogen (secondary N) is 2. The van der Waals surface area contributed by atoms with Gasteiger partial charge in [-0.1, -0.05) is 12.1 Å². The largest absolute Gasteiger partial charge is 0.497 e. The second kappa shape index (κ2) is 7.79. The lowest BCUT2D eigenvalue weighted by Crippen LogP contribution is -2.54. The Balaban J connectivity index is 2.06. The quantitative estimate of drug-likeness (QED) is 0.814. The summed E-state index contributed by atoms with van der Waals surface area (Å²) in [6.45, 7) is 4.38. The third-order valence-corrected chi connectivity index (χ3v) is 3.70. The number of hydrogen-bond acceptors (Lipinski definition) is 4. The molecule has 120 valence electrons. The first-order valence-electron chi connectivity index (χ1n) is 7.49. The third kappa shape index (κ3) is 4.46. The molecule has 1 aliphatic rings. The van der Waals surface area contributed by atoms with Crippen LogP contribution in [0.15, 0.2) is 24.3 Å². The van der Waals surface area contributed by atoms with Crippen molar-refractivity contribution in [2.24, 2.45) is 0 Å². The van der Waals surface area contributed by atoms with E-state index in [4.69, 9.17) is 4.74 Å². The molecule has 2 amide bonds. The Kier molecular flexibility index (Phi) is 5.77. The fourth-order valence-corrected chi connectivity index (χ4v) is 2.55. The second-order valence-electron chi connectivity index (χ2n) is 5.38. The highest BCUT2D eigenvalue weighted by atomic mass is 16.5. The highest BCUT2D eigenvalue weighted by Gasteiger charge is 2.26. The Morgan fingerprint density at radius 3 is 2.45 bits per heavy atom. The molecular formula is C16H23N3O3. The Morgan fingerprint density at radius 2 is 1.91 bits per heavy atom. The van der Waals surface area contributed by atoms with Gasteiger partial charge in [0, 0.05) is 39.5 Å². The molecule has 1 aromatic rings. The smallest absolute Gasteiger partial charge is 0.245 e. The van der Waals surface area contributed by atoms with E-state index in [2.05, 4.69) is 10.6 Å². The van der Waals surface area contributed by atoms with Gasteiger partial charge in [-0.25, -0.2) is 0 Å². The van der Waals surface area contributed by atoms with Crippen LogP contribution in [0.3, 0.4) is 0 Å². The molecule has 1 saturated heterocycles. The van der Waals surface area contributed by atoms with Crippen molar-refractivity contribution in [1.29, 1.82) is 0 Å². The average molecular weight is 305 g/mol. The number of nitrogens with zero attached hydrogens (tertiary/aromatic N) is 1. The number of carbonyl (C=O) groups excluding carboxylic acids is 2. The first kappa shape index (κ1) is 16.3. The van der Waals surface area contributed by atoms with Crippen LogP contribution in [0.1, 0.15) is 12.5 Å². The molecule has 1 atom stereocenters. The number of methoxy groups -OCH3 is 1. The Bertz CT molecular complexity index is 510. The molecular weight excluding hydrogens is 282 g/mol. The summed E-state index contributed by atoms with van der Waals surface area (Å²) < 4.78 is 5.13. The highest BCUT2D eigenvalue weighted by Crippen LogP contribution is 2.13. The van der Waals surface area contributed by atoms with Crippen molar-refractivity contribution in [2.45, 2.75) is 19.4 Å². The molecule has 1 aromatic carbocycles. The maximum absolute atomic E-state index is 12.6. The van der Waals surface area contributed by atoms with E-state index in [1.807, 2.05) is 24.3 Å². The molecule has 0 radical (unpaired) electrons. The average Bonchev–Trinajstić information content (AvgIpc) is 2.54. The number of carbonyl (C=O) groups is 2. The summed E-state index contributed by atoms with van der Waals surface area (Å²) in [4.78, 5) is 25.8. The van der Waals surface area contributed by atoms with Gasteiger partial charge >= 0.3 is 0 Å². The van der Waals surface area contributed by atoms with Gasteiger partial charge in [0.2, 0.25) is 11.8 Å². The Morgan fingerprint density at radius 1 is 1.27 bits per heavy atom. The summed E-state index contributed by atoms with van der Waals surface area (Å²) in [5.41, 5.74) is 0.989. The number of rotatable bonds is 5. The van der Waals surface area contributed by atoms with Gasteiger partial charge in [-0.3, -0.25) is 9.59 Å². The topological polar surface area (TPSA) is 70.7 Å². The van der Waals surface area contributed by atoms with Gasteiger partial charge in [0.05, 0.1) is 7.11 Å². The summed E-state index contributed by atoms with van der Waals surface area (Å²) in [6.07, 6.45) is 0.479. The zero-order chi connectivity index (χ0) is 15.9. The minimum Gasteiger partial charge on any atom is -0.497 e. The maximum Gasteiger partial charge on any atom is 0.245 e. The number of benzene rings is 1. The van der Waals surface area contributed by atoms with Crippen molar-refractivity contribution in [3.8, 4) is 5.75 Å². The molecule has 0 saturated carbocycles. The van der Waals surface area contributed by atoms with Crippen molar-refractivity contribution in [3.63, 3.8) is 0 Å². The fraction of sp³-hybridized carbons (Fsp3) is 0.500. The molecule has 0 bridgehead atoms. The van der Waals surface area contributed by atoms with E-state index in [1.54, 1.807) is 12.0 Å². The van der Waals surface area contributed by atoms with E-state index in [9.17, 15) is 9.59 Å². The Labute approximate surface area is 130 Å².